The summed E-state index contributed by atoms with van der Waals surface area (Å²) in [7, 11) is 0. The Balaban J connectivity index is 1.50. The molecule has 1 aliphatic heterocycles. The molecule has 4 rings (SSSR count). The Kier molecular flexibility index (Phi) is 4.88. The van der Waals surface area contributed by atoms with Gasteiger partial charge in [-0.1, -0.05) is 25.0 Å². The van der Waals surface area contributed by atoms with Gasteiger partial charge in [0.15, 0.2) is 0 Å². The second kappa shape index (κ2) is 7.50. The Hall–Kier alpha value is -3.48. The van der Waals surface area contributed by atoms with Crippen molar-refractivity contribution in [1.82, 2.24) is 0 Å². The number of fused-ring (bicyclic) bond motifs is 1. The molecule has 1 N–H and O–H groups in total. The van der Waals surface area contributed by atoms with E-state index in [0.29, 0.717) is 16.9 Å². The van der Waals surface area contributed by atoms with Crippen molar-refractivity contribution in [3.8, 4) is 0 Å². The highest BCUT2D eigenvalue weighted by molar-refractivity contribution is 6.22. The largest absolute Gasteiger partial charge is 0.545 e. The van der Waals surface area contributed by atoms with E-state index in [9.17, 15) is 24.3 Å². The third-order valence-electron chi connectivity index (χ3n) is 5.58. The SMILES string of the molecule is O=C([O-])c1cccc(NC(=O)c2ccc(N3C(=O)[C@H]4CCCC[C@H]4C3=O)cc2)c1. The van der Waals surface area contributed by atoms with Crippen molar-refractivity contribution in [3.63, 3.8) is 0 Å². The van der Waals surface area contributed by atoms with Gasteiger partial charge in [-0.05, 0) is 54.8 Å². The van der Waals surface area contributed by atoms with Crippen molar-refractivity contribution in [3.05, 3.63) is 59.7 Å². The lowest BCUT2D eigenvalue weighted by atomic mass is 9.81. The number of carbonyl (C=O) groups is 4. The number of carbonyl (C=O) groups excluding carboxylic acids is 4. The number of hydrogen-bond acceptors (Lipinski definition) is 5. The van der Waals surface area contributed by atoms with Gasteiger partial charge < -0.3 is 15.2 Å². The highest BCUT2D eigenvalue weighted by Gasteiger charge is 2.48. The molecule has 2 aromatic rings. The summed E-state index contributed by atoms with van der Waals surface area (Å²) >= 11 is 0. The minimum atomic E-state index is -1.33. The topological polar surface area (TPSA) is 107 Å². The van der Waals surface area contributed by atoms with Crippen molar-refractivity contribution < 1.29 is 24.3 Å². The molecular weight excluding hydrogens is 372 g/mol. The van der Waals surface area contributed by atoms with Crippen LogP contribution in [-0.4, -0.2) is 23.7 Å². The third kappa shape index (κ3) is 3.51. The van der Waals surface area contributed by atoms with Crippen molar-refractivity contribution >= 4 is 35.1 Å². The zero-order chi connectivity index (χ0) is 20.5. The fraction of sp³-hybridized carbons (Fsp3) is 0.273. The predicted octanol–water partition coefficient (Wildman–Crippen LogP) is 1.98. The molecular formula is C22H19N2O5-. The summed E-state index contributed by atoms with van der Waals surface area (Å²) in [6.45, 7) is 0. The summed E-state index contributed by atoms with van der Waals surface area (Å²) in [6.07, 6.45) is 3.42. The van der Waals surface area contributed by atoms with Crippen LogP contribution < -0.4 is 15.3 Å². The maximum atomic E-state index is 12.7. The molecule has 148 valence electrons. The van der Waals surface area contributed by atoms with Crippen LogP contribution in [0.2, 0.25) is 0 Å². The number of nitrogens with one attached hydrogen (secondary N) is 1. The lowest BCUT2D eigenvalue weighted by Crippen LogP contribution is -2.30. The summed E-state index contributed by atoms with van der Waals surface area (Å²) in [4.78, 5) is 50.0. The van der Waals surface area contributed by atoms with E-state index in [1.54, 1.807) is 18.2 Å². The molecule has 0 radical (unpaired) electrons. The standard InChI is InChI=1S/C22H20N2O5/c25-19(23-15-5-3-4-14(12-15)22(28)29)13-8-10-16(11-9-13)24-20(26)17-6-1-2-7-18(17)21(24)27/h3-5,8-12,17-18H,1-2,6-7H2,(H,23,25)(H,28,29)/p-1/t17-,18+. The first-order valence-electron chi connectivity index (χ1n) is 9.56. The number of carboxylic acid groups (broad SMARTS) is 1. The highest BCUT2D eigenvalue weighted by atomic mass is 16.4. The van der Waals surface area contributed by atoms with Gasteiger partial charge in [-0.2, -0.15) is 0 Å². The van der Waals surface area contributed by atoms with Gasteiger partial charge in [-0.25, -0.2) is 0 Å². The number of aromatic carboxylic acids is 1. The zero-order valence-electron chi connectivity index (χ0n) is 15.6. The van der Waals surface area contributed by atoms with Crippen molar-refractivity contribution in [2.75, 3.05) is 10.2 Å². The van der Waals surface area contributed by atoms with Gasteiger partial charge in [-0.15, -0.1) is 0 Å². The number of anilines is 2. The Morgan fingerprint density at radius 1 is 0.897 bits per heavy atom. The molecule has 7 nitrogen and oxygen atoms in total. The van der Waals surface area contributed by atoms with Gasteiger partial charge in [0.05, 0.1) is 23.5 Å². The number of benzene rings is 2. The van der Waals surface area contributed by atoms with Gasteiger partial charge >= 0.3 is 0 Å². The van der Waals surface area contributed by atoms with Gasteiger partial charge in [0.25, 0.3) is 5.91 Å². The summed E-state index contributed by atoms with van der Waals surface area (Å²) in [5.74, 6) is -2.52. The number of amides is 3. The Morgan fingerprint density at radius 2 is 1.52 bits per heavy atom. The van der Waals surface area contributed by atoms with Crippen LogP contribution in [0.25, 0.3) is 0 Å². The molecule has 1 aliphatic carbocycles. The Labute approximate surface area is 167 Å². The predicted molar refractivity (Wildman–Crippen MR) is 103 cm³/mol. The highest BCUT2D eigenvalue weighted by Crippen LogP contribution is 2.40. The fourth-order valence-electron chi connectivity index (χ4n) is 4.11. The third-order valence-corrected chi connectivity index (χ3v) is 5.58. The van der Waals surface area contributed by atoms with Gasteiger partial charge in [0.1, 0.15) is 0 Å². The number of rotatable bonds is 4. The number of carboxylic acids is 1. The van der Waals surface area contributed by atoms with Gasteiger partial charge in [0.2, 0.25) is 11.8 Å². The first kappa shape index (κ1) is 18.9. The van der Waals surface area contributed by atoms with Crippen LogP contribution in [0, 0.1) is 11.8 Å². The number of nitrogens with zero attached hydrogens (tertiary/aromatic N) is 1. The van der Waals surface area contributed by atoms with E-state index in [0.717, 1.165) is 25.7 Å². The van der Waals surface area contributed by atoms with Crippen LogP contribution >= 0.6 is 0 Å². The number of imide groups is 1. The molecule has 2 aromatic carbocycles. The van der Waals surface area contributed by atoms with Crippen LogP contribution in [-0.2, 0) is 9.59 Å². The average molecular weight is 391 g/mol. The molecule has 0 bridgehead atoms. The van der Waals surface area contributed by atoms with Crippen LogP contribution in [0.4, 0.5) is 11.4 Å². The maximum Gasteiger partial charge on any atom is 0.255 e. The van der Waals surface area contributed by atoms with Gasteiger partial charge in [-0.3, -0.25) is 19.3 Å². The van der Waals surface area contributed by atoms with E-state index in [4.69, 9.17) is 0 Å². The van der Waals surface area contributed by atoms with E-state index >= 15 is 0 Å². The van der Waals surface area contributed by atoms with E-state index in [1.807, 2.05) is 0 Å². The molecule has 29 heavy (non-hydrogen) atoms. The molecule has 2 atom stereocenters. The monoisotopic (exact) mass is 391 g/mol. The summed E-state index contributed by atoms with van der Waals surface area (Å²) < 4.78 is 0. The summed E-state index contributed by atoms with van der Waals surface area (Å²) in [5, 5.41) is 13.6. The quantitative estimate of drug-likeness (QED) is 0.802. The van der Waals surface area contributed by atoms with Gasteiger partial charge in [0, 0.05) is 11.3 Å². The van der Waals surface area contributed by atoms with E-state index in [1.165, 1.54) is 35.2 Å². The smallest absolute Gasteiger partial charge is 0.255 e. The van der Waals surface area contributed by atoms with Crippen LogP contribution in [0.5, 0.6) is 0 Å². The first-order valence-corrected chi connectivity index (χ1v) is 9.56. The fourth-order valence-corrected chi connectivity index (χ4v) is 4.11. The van der Waals surface area contributed by atoms with Crippen LogP contribution in [0.3, 0.4) is 0 Å². The van der Waals surface area contributed by atoms with E-state index in [2.05, 4.69) is 5.32 Å². The minimum absolute atomic E-state index is 0.0364. The second-order valence-corrected chi connectivity index (χ2v) is 7.38. The minimum Gasteiger partial charge on any atom is -0.545 e. The van der Waals surface area contributed by atoms with Crippen molar-refractivity contribution in [2.45, 2.75) is 25.7 Å². The molecule has 1 heterocycles. The lowest BCUT2D eigenvalue weighted by Gasteiger charge is -2.19. The molecule has 0 aromatic heterocycles. The molecule has 0 unspecified atom stereocenters. The molecule has 0 spiro atoms. The molecule has 2 aliphatic rings. The maximum absolute atomic E-state index is 12.7. The Bertz CT molecular complexity index is 975. The van der Waals surface area contributed by atoms with Crippen molar-refractivity contribution in [1.29, 1.82) is 0 Å². The second-order valence-electron chi connectivity index (χ2n) is 7.38. The normalized spacial score (nSPS) is 21.0. The average Bonchev–Trinajstić information content (AvgIpc) is 2.99. The first-order chi connectivity index (χ1) is 14.0. The molecule has 1 saturated heterocycles. The molecule has 2 fully saturated rings. The molecule has 1 saturated carbocycles. The summed E-state index contributed by atoms with van der Waals surface area (Å²) in [5.41, 5.74) is 1.08. The summed E-state index contributed by atoms with van der Waals surface area (Å²) in [6, 6.07) is 12.0. The van der Waals surface area contributed by atoms with Crippen LogP contribution in [0.1, 0.15) is 46.4 Å². The lowest BCUT2D eigenvalue weighted by molar-refractivity contribution is -0.255. The zero-order valence-corrected chi connectivity index (χ0v) is 15.6. The Morgan fingerprint density at radius 3 is 2.10 bits per heavy atom. The number of hydrogen-bond donors (Lipinski definition) is 1. The van der Waals surface area contributed by atoms with E-state index < -0.39 is 11.9 Å². The molecule has 3 amide bonds. The van der Waals surface area contributed by atoms with Crippen molar-refractivity contribution in [2.24, 2.45) is 11.8 Å². The van der Waals surface area contributed by atoms with Crippen LogP contribution in [0.15, 0.2) is 48.5 Å². The molecule has 7 heteroatoms. The van der Waals surface area contributed by atoms with E-state index in [-0.39, 0.29) is 29.2 Å².